The highest BCUT2D eigenvalue weighted by atomic mass is 127. The molecular formula is C14H29IN4O. The number of nitrogens with zero attached hydrogens (tertiary/aromatic N) is 2. The van der Waals surface area contributed by atoms with Crippen molar-refractivity contribution in [3.05, 3.63) is 0 Å². The molecule has 1 heterocycles. The van der Waals surface area contributed by atoms with Crippen molar-refractivity contribution in [2.45, 2.75) is 44.1 Å². The van der Waals surface area contributed by atoms with Crippen LogP contribution < -0.4 is 10.6 Å². The number of aliphatic hydroxyl groups excluding tert-OH is 1. The zero-order valence-electron chi connectivity index (χ0n) is 12.5. The fraction of sp³-hybridized carbons (Fsp3) is 0.929. The summed E-state index contributed by atoms with van der Waals surface area (Å²) < 4.78 is 0. The summed E-state index contributed by atoms with van der Waals surface area (Å²) in [5.41, 5.74) is 0.183. The first-order chi connectivity index (χ1) is 9.27. The number of β-amino-alcohol motifs (C(OH)–C–C–N with tert-alkyl or cyclic N) is 1. The SMILES string of the molecule is CN(CCO)C1(CNC2=NCCCN2)CCCCC1.I. The minimum absolute atomic E-state index is 0. The molecule has 0 atom stereocenters. The van der Waals surface area contributed by atoms with E-state index in [0.29, 0.717) is 0 Å². The summed E-state index contributed by atoms with van der Waals surface area (Å²) in [4.78, 5) is 6.81. The number of halogens is 1. The van der Waals surface area contributed by atoms with Gasteiger partial charge in [-0.25, -0.2) is 0 Å². The molecule has 0 aromatic rings. The molecule has 20 heavy (non-hydrogen) atoms. The van der Waals surface area contributed by atoms with Crippen LogP contribution in [0.3, 0.4) is 0 Å². The minimum Gasteiger partial charge on any atom is -0.395 e. The Labute approximate surface area is 139 Å². The Morgan fingerprint density at radius 1 is 1.30 bits per heavy atom. The molecule has 6 heteroatoms. The van der Waals surface area contributed by atoms with Gasteiger partial charge in [-0.05, 0) is 26.3 Å². The van der Waals surface area contributed by atoms with Gasteiger partial charge in [0.2, 0.25) is 0 Å². The predicted octanol–water partition coefficient (Wildman–Crippen LogP) is 1.17. The van der Waals surface area contributed by atoms with Crippen molar-refractivity contribution in [2.75, 3.05) is 39.8 Å². The summed E-state index contributed by atoms with van der Waals surface area (Å²) in [5, 5.41) is 16.0. The van der Waals surface area contributed by atoms with Crippen LogP contribution in [0.2, 0.25) is 0 Å². The molecule has 5 nitrogen and oxygen atoms in total. The Morgan fingerprint density at radius 2 is 2.05 bits per heavy atom. The maximum Gasteiger partial charge on any atom is 0.191 e. The van der Waals surface area contributed by atoms with Crippen molar-refractivity contribution < 1.29 is 5.11 Å². The van der Waals surface area contributed by atoms with Gasteiger partial charge in [0.25, 0.3) is 0 Å². The molecule has 0 aromatic carbocycles. The summed E-state index contributed by atoms with van der Waals surface area (Å²) in [6.07, 6.45) is 7.47. The third-order valence-corrected chi connectivity index (χ3v) is 4.51. The Bertz CT molecular complexity index is 306. The largest absolute Gasteiger partial charge is 0.395 e. The highest BCUT2D eigenvalue weighted by molar-refractivity contribution is 14.0. The molecule has 0 saturated heterocycles. The smallest absolute Gasteiger partial charge is 0.191 e. The molecule has 0 aromatic heterocycles. The number of nitrogens with one attached hydrogen (secondary N) is 2. The second-order valence-corrected chi connectivity index (χ2v) is 5.79. The summed E-state index contributed by atoms with van der Waals surface area (Å²) in [6, 6.07) is 0. The lowest BCUT2D eigenvalue weighted by Gasteiger charge is -2.45. The number of aliphatic imine (C=N–C) groups is 1. The van der Waals surface area contributed by atoms with E-state index in [1.54, 1.807) is 0 Å². The van der Waals surface area contributed by atoms with Crippen LogP contribution in [0.5, 0.6) is 0 Å². The average molecular weight is 396 g/mol. The van der Waals surface area contributed by atoms with E-state index in [0.717, 1.165) is 38.6 Å². The molecular weight excluding hydrogens is 367 g/mol. The molecule has 0 unspecified atom stereocenters. The predicted molar refractivity (Wildman–Crippen MR) is 93.9 cm³/mol. The van der Waals surface area contributed by atoms with Crippen LogP contribution in [0.25, 0.3) is 0 Å². The van der Waals surface area contributed by atoms with Crippen molar-refractivity contribution in [1.29, 1.82) is 0 Å². The molecule has 0 spiro atoms. The number of hydrogen-bond acceptors (Lipinski definition) is 5. The third-order valence-electron chi connectivity index (χ3n) is 4.51. The zero-order chi connectivity index (χ0) is 13.6. The molecule has 0 bridgehead atoms. The number of likely N-dealkylation sites (N-methyl/N-ethyl adjacent to an activating group) is 1. The number of guanidine groups is 1. The molecule has 1 aliphatic carbocycles. The molecule has 1 fully saturated rings. The lowest BCUT2D eigenvalue weighted by Crippen LogP contribution is -2.57. The van der Waals surface area contributed by atoms with Crippen molar-refractivity contribution in [3.8, 4) is 0 Å². The molecule has 3 N–H and O–H groups in total. The topological polar surface area (TPSA) is 59.9 Å². The van der Waals surface area contributed by atoms with Crippen LogP contribution in [0.15, 0.2) is 4.99 Å². The van der Waals surface area contributed by atoms with E-state index in [-0.39, 0.29) is 36.1 Å². The number of rotatable bonds is 5. The lowest BCUT2D eigenvalue weighted by molar-refractivity contribution is 0.0617. The van der Waals surface area contributed by atoms with E-state index in [4.69, 9.17) is 0 Å². The summed E-state index contributed by atoms with van der Waals surface area (Å²) >= 11 is 0. The van der Waals surface area contributed by atoms with Crippen LogP contribution in [0.4, 0.5) is 0 Å². The van der Waals surface area contributed by atoms with Crippen molar-refractivity contribution in [3.63, 3.8) is 0 Å². The van der Waals surface area contributed by atoms with Crippen LogP contribution in [-0.4, -0.2) is 61.3 Å². The fourth-order valence-electron chi connectivity index (χ4n) is 3.19. The molecule has 2 aliphatic rings. The van der Waals surface area contributed by atoms with Gasteiger partial charge in [-0.2, -0.15) is 0 Å². The first-order valence-electron chi connectivity index (χ1n) is 7.61. The third kappa shape index (κ3) is 4.73. The maximum absolute atomic E-state index is 9.20. The molecule has 0 radical (unpaired) electrons. The van der Waals surface area contributed by atoms with Crippen molar-refractivity contribution >= 4 is 29.9 Å². The van der Waals surface area contributed by atoms with Gasteiger partial charge in [-0.1, -0.05) is 19.3 Å². The van der Waals surface area contributed by atoms with Crippen LogP contribution in [0.1, 0.15) is 38.5 Å². The van der Waals surface area contributed by atoms with Gasteiger partial charge in [0.15, 0.2) is 5.96 Å². The zero-order valence-corrected chi connectivity index (χ0v) is 14.9. The second-order valence-electron chi connectivity index (χ2n) is 5.79. The standard InChI is InChI=1S/C14H28N4O.HI/c1-18(10-11-19)14(6-3-2-4-7-14)12-17-13-15-8-5-9-16-13;/h19H,2-12H2,1H3,(H2,15,16,17);1H. The first kappa shape index (κ1) is 18.0. The van der Waals surface area contributed by atoms with E-state index < -0.39 is 0 Å². The second kappa shape index (κ2) is 9.04. The van der Waals surface area contributed by atoms with E-state index in [1.807, 2.05) is 0 Å². The summed E-state index contributed by atoms with van der Waals surface area (Å²) in [7, 11) is 2.14. The Hall–Kier alpha value is -0.0800. The molecule has 2 rings (SSSR count). The van der Waals surface area contributed by atoms with Gasteiger partial charge in [0.1, 0.15) is 0 Å². The van der Waals surface area contributed by atoms with Crippen LogP contribution in [-0.2, 0) is 0 Å². The Morgan fingerprint density at radius 3 is 2.65 bits per heavy atom. The normalized spacial score (nSPS) is 21.6. The average Bonchev–Trinajstić information content (AvgIpc) is 2.47. The van der Waals surface area contributed by atoms with Gasteiger partial charge >= 0.3 is 0 Å². The van der Waals surface area contributed by atoms with E-state index in [2.05, 4.69) is 27.6 Å². The highest BCUT2D eigenvalue weighted by Crippen LogP contribution is 2.32. The first-order valence-corrected chi connectivity index (χ1v) is 7.61. The molecule has 0 amide bonds. The monoisotopic (exact) mass is 396 g/mol. The lowest BCUT2D eigenvalue weighted by atomic mass is 9.80. The minimum atomic E-state index is 0. The quantitative estimate of drug-likeness (QED) is 0.611. The van der Waals surface area contributed by atoms with E-state index in [1.165, 1.54) is 32.1 Å². The van der Waals surface area contributed by atoms with Crippen LogP contribution in [0, 0.1) is 0 Å². The van der Waals surface area contributed by atoms with Crippen molar-refractivity contribution in [2.24, 2.45) is 4.99 Å². The van der Waals surface area contributed by atoms with Gasteiger partial charge in [-0.3, -0.25) is 9.89 Å². The van der Waals surface area contributed by atoms with Crippen molar-refractivity contribution in [1.82, 2.24) is 15.5 Å². The molecule has 1 saturated carbocycles. The highest BCUT2D eigenvalue weighted by Gasteiger charge is 2.35. The molecule has 118 valence electrons. The number of aliphatic hydroxyl groups is 1. The van der Waals surface area contributed by atoms with Crippen LogP contribution >= 0.6 is 24.0 Å². The van der Waals surface area contributed by atoms with Gasteiger partial charge in [0.05, 0.1) is 6.61 Å². The summed E-state index contributed by atoms with van der Waals surface area (Å²) in [5.74, 6) is 0.952. The fourth-order valence-corrected chi connectivity index (χ4v) is 3.19. The Balaban J connectivity index is 0.00000200. The summed E-state index contributed by atoms with van der Waals surface area (Å²) in [6.45, 7) is 3.86. The maximum atomic E-state index is 9.20. The molecule has 1 aliphatic heterocycles. The Kier molecular flexibility index (Phi) is 8.13. The van der Waals surface area contributed by atoms with Gasteiger partial charge in [-0.15, -0.1) is 24.0 Å². The number of hydrogen-bond donors (Lipinski definition) is 3. The van der Waals surface area contributed by atoms with E-state index >= 15 is 0 Å². The van der Waals surface area contributed by atoms with Gasteiger partial charge in [0, 0.05) is 31.7 Å². The van der Waals surface area contributed by atoms with E-state index in [9.17, 15) is 5.11 Å². The van der Waals surface area contributed by atoms with Gasteiger partial charge < -0.3 is 15.7 Å².